The van der Waals surface area contributed by atoms with Crippen molar-refractivity contribution in [3.8, 4) is 11.3 Å². The van der Waals surface area contributed by atoms with Gasteiger partial charge in [0.05, 0.1) is 17.7 Å². The van der Waals surface area contributed by atoms with Crippen molar-refractivity contribution in [3.05, 3.63) is 42.6 Å². The number of anilines is 1. The summed E-state index contributed by atoms with van der Waals surface area (Å²) in [6.45, 7) is 2.36. The lowest BCUT2D eigenvalue weighted by Gasteiger charge is -2.34. The molecule has 1 aromatic heterocycles. The number of benzene rings is 1. The van der Waals surface area contributed by atoms with E-state index in [4.69, 9.17) is 9.72 Å². The van der Waals surface area contributed by atoms with E-state index in [0.29, 0.717) is 38.5 Å². The molecule has 28 heavy (non-hydrogen) atoms. The standard InChI is InChI=1S/C21H26N4O3/c26-15-21(8-12-28-13-9-21)19(27)23-17-7-11-25(14-17)20-22-10-6-18(24-20)16-4-2-1-3-5-16/h1-6,10,17,26H,7-9,11-15H2,(H,23,27). The highest BCUT2D eigenvalue weighted by Gasteiger charge is 2.41. The number of hydrogen-bond acceptors (Lipinski definition) is 6. The summed E-state index contributed by atoms with van der Waals surface area (Å²) >= 11 is 0. The molecule has 2 aliphatic rings. The number of nitrogens with one attached hydrogen (secondary N) is 1. The van der Waals surface area contributed by atoms with Crippen LogP contribution >= 0.6 is 0 Å². The Morgan fingerprint density at radius 1 is 1.25 bits per heavy atom. The maximum absolute atomic E-state index is 12.8. The van der Waals surface area contributed by atoms with Crippen LogP contribution in [0.4, 0.5) is 5.95 Å². The van der Waals surface area contributed by atoms with Gasteiger partial charge in [0.2, 0.25) is 11.9 Å². The molecule has 7 heteroatoms. The van der Waals surface area contributed by atoms with Crippen LogP contribution in [-0.2, 0) is 9.53 Å². The van der Waals surface area contributed by atoms with Crippen LogP contribution in [0.3, 0.4) is 0 Å². The molecule has 1 amide bonds. The minimum absolute atomic E-state index is 0.0303. The molecule has 0 aliphatic carbocycles. The van der Waals surface area contributed by atoms with Gasteiger partial charge in [0.15, 0.2) is 0 Å². The number of carbonyl (C=O) groups is 1. The van der Waals surface area contributed by atoms with E-state index in [1.54, 1.807) is 6.20 Å². The molecule has 1 atom stereocenters. The summed E-state index contributed by atoms with van der Waals surface area (Å²) in [6, 6.07) is 12.0. The van der Waals surface area contributed by atoms with Gasteiger partial charge < -0.3 is 20.1 Å². The van der Waals surface area contributed by atoms with Crippen molar-refractivity contribution in [2.24, 2.45) is 5.41 Å². The second-order valence-electron chi connectivity index (χ2n) is 7.56. The molecule has 2 N–H and O–H groups in total. The SMILES string of the molecule is O=C(NC1CCN(c2nccc(-c3ccccc3)n2)C1)C1(CO)CCOCC1. The summed E-state index contributed by atoms with van der Waals surface area (Å²) in [5.41, 5.74) is 1.23. The molecule has 3 heterocycles. The Morgan fingerprint density at radius 3 is 2.79 bits per heavy atom. The fourth-order valence-corrected chi connectivity index (χ4v) is 3.89. The van der Waals surface area contributed by atoms with Gasteiger partial charge in [0, 0.05) is 44.1 Å². The van der Waals surface area contributed by atoms with E-state index in [9.17, 15) is 9.90 Å². The fraction of sp³-hybridized carbons (Fsp3) is 0.476. The van der Waals surface area contributed by atoms with Gasteiger partial charge in [-0.2, -0.15) is 0 Å². The van der Waals surface area contributed by atoms with E-state index < -0.39 is 5.41 Å². The number of carbonyl (C=O) groups excluding carboxylic acids is 1. The predicted octanol–water partition coefficient (Wildman–Crippen LogP) is 1.63. The second kappa shape index (κ2) is 8.24. The Balaban J connectivity index is 1.41. The lowest BCUT2D eigenvalue weighted by atomic mass is 9.80. The molecule has 0 spiro atoms. The van der Waals surface area contributed by atoms with Crippen molar-refractivity contribution in [3.63, 3.8) is 0 Å². The first kappa shape index (κ1) is 18.8. The normalized spacial score (nSPS) is 21.5. The minimum Gasteiger partial charge on any atom is -0.395 e. The maximum Gasteiger partial charge on any atom is 0.228 e. The summed E-state index contributed by atoms with van der Waals surface area (Å²) in [6.07, 6.45) is 3.74. The molecular formula is C21H26N4O3. The maximum atomic E-state index is 12.8. The van der Waals surface area contributed by atoms with Crippen molar-refractivity contribution in [2.75, 3.05) is 37.8 Å². The van der Waals surface area contributed by atoms with Crippen molar-refractivity contribution < 1.29 is 14.6 Å². The number of rotatable bonds is 5. The van der Waals surface area contributed by atoms with Gasteiger partial charge in [-0.15, -0.1) is 0 Å². The lowest BCUT2D eigenvalue weighted by molar-refractivity contribution is -0.140. The molecule has 2 aromatic rings. The third kappa shape index (κ3) is 3.86. The van der Waals surface area contributed by atoms with E-state index in [2.05, 4.69) is 15.2 Å². The number of nitrogens with zero attached hydrogens (tertiary/aromatic N) is 3. The molecule has 2 aliphatic heterocycles. The van der Waals surface area contributed by atoms with Gasteiger partial charge in [-0.05, 0) is 25.3 Å². The number of amides is 1. The van der Waals surface area contributed by atoms with Crippen LogP contribution in [0.5, 0.6) is 0 Å². The van der Waals surface area contributed by atoms with Crippen LogP contribution in [0.2, 0.25) is 0 Å². The first-order valence-corrected chi connectivity index (χ1v) is 9.83. The van der Waals surface area contributed by atoms with Crippen LogP contribution in [0.25, 0.3) is 11.3 Å². The summed E-state index contributed by atoms with van der Waals surface area (Å²) < 4.78 is 5.35. The summed E-state index contributed by atoms with van der Waals surface area (Å²) in [5, 5.41) is 12.9. The van der Waals surface area contributed by atoms with Crippen LogP contribution in [-0.4, -0.2) is 59.9 Å². The summed E-state index contributed by atoms with van der Waals surface area (Å²) in [5.74, 6) is 0.616. The first-order valence-electron chi connectivity index (χ1n) is 9.83. The molecule has 1 aromatic carbocycles. The Hall–Kier alpha value is -2.51. The van der Waals surface area contributed by atoms with Crippen LogP contribution in [0.1, 0.15) is 19.3 Å². The smallest absolute Gasteiger partial charge is 0.228 e. The molecule has 148 valence electrons. The van der Waals surface area contributed by atoms with E-state index in [1.165, 1.54) is 0 Å². The fourth-order valence-electron chi connectivity index (χ4n) is 3.89. The van der Waals surface area contributed by atoms with Crippen LogP contribution < -0.4 is 10.2 Å². The first-order chi connectivity index (χ1) is 13.7. The third-order valence-electron chi connectivity index (χ3n) is 5.75. The zero-order valence-electron chi connectivity index (χ0n) is 15.9. The Bertz CT molecular complexity index is 808. The number of aliphatic hydroxyl groups excluding tert-OH is 1. The Labute approximate surface area is 164 Å². The zero-order chi connectivity index (χ0) is 19.4. The minimum atomic E-state index is -0.713. The average molecular weight is 382 g/mol. The van der Waals surface area contributed by atoms with Crippen molar-refractivity contribution in [1.82, 2.24) is 15.3 Å². The summed E-state index contributed by atoms with van der Waals surface area (Å²) in [4.78, 5) is 24.0. The van der Waals surface area contributed by atoms with E-state index in [0.717, 1.165) is 24.2 Å². The van der Waals surface area contributed by atoms with Crippen molar-refractivity contribution in [1.29, 1.82) is 0 Å². The molecule has 7 nitrogen and oxygen atoms in total. The number of hydrogen-bond donors (Lipinski definition) is 2. The predicted molar refractivity (Wildman–Crippen MR) is 106 cm³/mol. The van der Waals surface area contributed by atoms with Crippen LogP contribution in [0, 0.1) is 5.41 Å². The third-order valence-corrected chi connectivity index (χ3v) is 5.75. The Kier molecular flexibility index (Phi) is 5.54. The highest BCUT2D eigenvalue weighted by atomic mass is 16.5. The van der Waals surface area contributed by atoms with Crippen LogP contribution in [0.15, 0.2) is 42.6 Å². The molecule has 0 bridgehead atoms. The average Bonchev–Trinajstić information content (AvgIpc) is 3.23. The van der Waals surface area contributed by atoms with Gasteiger partial charge in [0.1, 0.15) is 0 Å². The number of aliphatic hydroxyl groups is 1. The van der Waals surface area contributed by atoms with E-state index in [-0.39, 0.29) is 18.6 Å². The number of ether oxygens (including phenoxy) is 1. The second-order valence-corrected chi connectivity index (χ2v) is 7.56. The van der Waals surface area contributed by atoms with Gasteiger partial charge in [-0.1, -0.05) is 30.3 Å². The summed E-state index contributed by atoms with van der Waals surface area (Å²) in [7, 11) is 0. The highest BCUT2D eigenvalue weighted by Crippen LogP contribution is 2.31. The molecule has 2 fully saturated rings. The van der Waals surface area contributed by atoms with E-state index in [1.807, 2.05) is 36.4 Å². The number of aromatic nitrogens is 2. The van der Waals surface area contributed by atoms with Gasteiger partial charge in [0.25, 0.3) is 0 Å². The van der Waals surface area contributed by atoms with Gasteiger partial charge in [-0.25, -0.2) is 9.97 Å². The molecule has 0 saturated carbocycles. The zero-order valence-corrected chi connectivity index (χ0v) is 15.9. The molecule has 1 unspecified atom stereocenters. The van der Waals surface area contributed by atoms with Crippen molar-refractivity contribution >= 4 is 11.9 Å². The van der Waals surface area contributed by atoms with Gasteiger partial charge >= 0.3 is 0 Å². The van der Waals surface area contributed by atoms with Crippen molar-refractivity contribution in [2.45, 2.75) is 25.3 Å². The molecule has 2 saturated heterocycles. The topological polar surface area (TPSA) is 87.6 Å². The largest absolute Gasteiger partial charge is 0.395 e. The quantitative estimate of drug-likeness (QED) is 0.817. The molecule has 4 rings (SSSR count). The van der Waals surface area contributed by atoms with Gasteiger partial charge in [-0.3, -0.25) is 4.79 Å². The lowest BCUT2D eigenvalue weighted by Crippen LogP contribution is -2.50. The molecule has 0 radical (unpaired) electrons. The monoisotopic (exact) mass is 382 g/mol. The molecular weight excluding hydrogens is 356 g/mol. The highest BCUT2D eigenvalue weighted by molar-refractivity contribution is 5.83. The Morgan fingerprint density at radius 2 is 2.04 bits per heavy atom. The van der Waals surface area contributed by atoms with E-state index >= 15 is 0 Å².